The molecule has 0 radical (unpaired) electrons. The lowest BCUT2D eigenvalue weighted by Gasteiger charge is -2.15. The molecule has 3 aromatic rings. The van der Waals surface area contributed by atoms with Gasteiger partial charge in [0.2, 0.25) is 5.89 Å². The van der Waals surface area contributed by atoms with Gasteiger partial charge in [-0.05, 0) is 32.0 Å². The number of nitrogens with one attached hydrogen (secondary N) is 1. The molecule has 25 heavy (non-hydrogen) atoms. The molecule has 0 spiro atoms. The molecule has 0 saturated carbocycles. The minimum absolute atomic E-state index is 0.0730. The summed E-state index contributed by atoms with van der Waals surface area (Å²) in [5, 5.41) is 12.9. The van der Waals surface area contributed by atoms with Gasteiger partial charge in [0.1, 0.15) is 11.8 Å². The van der Waals surface area contributed by atoms with Crippen molar-refractivity contribution >= 4 is 5.69 Å². The number of hydrogen-bond acceptors (Lipinski definition) is 5. The number of benzene rings is 2. The van der Waals surface area contributed by atoms with Crippen molar-refractivity contribution in [3.63, 3.8) is 0 Å². The second kappa shape index (κ2) is 7.85. The van der Waals surface area contributed by atoms with E-state index in [1.54, 1.807) is 6.20 Å². The predicted molar refractivity (Wildman–Crippen MR) is 97.5 cm³/mol. The van der Waals surface area contributed by atoms with Crippen LogP contribution in [0.1, 0.15) is 31.3 Å². The Bertz CT molecular complexity index is 815. The van der Waals surface area contributed by atoms with E-state index in [2.05, 4.69) is 10.3 Å². The minimum atomic E-state index is -0.109. The van der Waals surface area contributed by atoms with E-state index in [9.17, 15) is 5.11 Å². The molecule has 0 saturated heterocycles. The molecule has 1 atom stereocenters. The maximum Gasteiger partial charge on any atom is 0.217 e. The van der Waals surface area contributed by atoms with Crippen LogP contribution in [0.15, 0.2) is 59.1 Å². The van der Waals surface area contributed by atoms with Gasteiger partial charge in [0, 0.05) is 16.8 Å². The summed E-state index contributed by atoms with van der Waals surface area (Å²) < 4.78 is 11.4. The first-order valence-corrected chi connectivity index (χ1v) is 8.35. The van der Waals surface area contributed by atoms with Crippen LogP contribution in [-0.4, -0.2) is 16.7 Å². The minimum Gasteiger partial charge on any atom is -0.494 e. The Morgan fingerprint density at radius 1 is 1.20 bits per heavy atom. The molecular weight excluding hydrogens is 316 g/mol. The first kappa shape index (κ1) is 17.0. The summed E-state index contributed by atoms with van der Waals surface area (Å²) in [6, 6.07) is 15.4. The zero-order valence-electron chi connectivity index (χ0n) is 14.4. The van der Waals surface area contributed by atoms with Gasteiger partial charge in [-0.25, -0.2) is 4.98 Å². The molecule has 5 nitrogen and oxygen atoms in total. The van der Waals surface area contributed by atoms with Crippen LogP contribution in [0.2, 0.25) is 0 Å². The molecule has 0 aliphatic carbocycles. The third kappa shape index (κ3) is 4.00. The van der Waals surface area contributed by atoms with Gasteiger partial charge in [-0.1, -0.05) is 30.3 Å². The second-order valence-corrected chi connectivity index (χ2v) is 5.71. The van der Waals surface area contributed by atoms with Gasteiger partial charge in [-0.15, -0.1) is 0 Å². The Morgan fingerprint density at radius 2 is 2.00 bits per heavy atom. The summed E-state index contributed by atoms with van der Waals surface area (Å²) in [5.74, 6) is 2.05. The summed E-state index contributed by atoms with van der Waals surface area (Å²) in [7, 11) is 0. The summed E-state index contributed by atoms with van der Waals surface area (Å²) in [6.45, 7) is 4.39. The van der Waals surface area contributed by atoms with Crippen LogP contribution in [-0.2, 0) is 6.61 Å². The fraction of sp³-hybridized carbons (Fsp3) is 0.250. The normalized spacial score (nSPS) is 12.0. The van der Waals surface area contributed by atoms with Crippen molar-refractivity contribution in [1.29, 1.82) is 0 Å². The summed E-state index contributed by atoms with van der Waals surface area (Å²) in [4.78, 5) is 4.37. The largest absolute Gasteiger partial charge is 0.494 e. The average Bonchev–Trinajstić information content (AvgIpc) is 3.14. The molecule has 5 heteroatoms. The molecule has 1 aromatic heterocycles. The Morgan fingerprint density at radius 3 is 2.72 bits per heavy atom. The van der Waals surface area contributed by atoms with Crippen LogP contribution in [0, 0.1) is 0 Å². The van der Waals surface area contributed by atoms with Crippen molar-refractivity contribution in [2.75, 3.05) is 11.9 Å². The number of rotatable bonds is 7. The van der Waals surface area contributed by atoms with Crippen LogP contribution in [0.25, 0.3) is 11.3 Å². The molecule has 2 N–H and O–H groups in total. The molecule has 2 aromatic carbocycles. The smallest absolute Gasteiger partial charge is 0.217 e. The molecule has 1 heterocycles. The zero-order valence-corrected chi connectivity index (χ0v) is 14.4. The molecular formula is C20H22N2O3. The number of ether oxygens (including phenoxy) is 1. The van der Waals surface area contributed by atoms with Crippen molar-refractivity contribution in [3.8, 4) is 17.1 Å². The van der Waals surface area contributed by atoms with Gasteiger partial charge in [0.15, 0.2) is 5.76 Å². The standard InChI is InChI=1S/C20H22N2O3/c1-3-24-18-10-9-17(11-16(18)13-23)22-14(2)20-21-12-19(25-20)15-7-5-4-6-8-15/h4-12,14,22-23H,3,13H2,1-2H3/t14-/m1/s1. The molecule has 0 aliphatic rings. The van der Waals surface area contributed by atoms with E-state index >= 15 is 0 Å². The number of aromatic nitrogens is 1. The Labute approximate surface area is 147 Å². The van der Waals surface area contributed by atoms with Gasteiger partial charge in [-0.2, -0.15) is 0 Å². The van der Waals surface area contributed by atoms with Crippen molar-refractivity contribution in [1.82, 2.24) is 4.98 Å². The van der Waals surface area contributed by atoms with Gasteiger partial charge in [0.25, 0.3) is 0 Å². The highest BCUT2D eigenvalue weighted by Gasteiger charge is 2.14. The Hall–Kier alpha value is -2.79. The SMILES string of the molecule is CCOc1ccc(N[C@H](C)c2ncc(-c3ccccc3)o2)cc1CO. The second-order valence-electron chi connectivity index (χ2n) is 5.71. The molecule has 0 aliphatic heterocycles. The zero-order chi connectivity index (χ0) is 17.6. The lowest BCUT2D eigenvalue weighted by atomic mass is 10.1. The van der Waals surface area contributed by atoms with E-state index in [0.29, 0.717) is 18.2 Å². The average molecular weight is 338 g/mol. The topological polar surface area (TPSA) is 67.5 Å². The Kier molecular flexibility index (Phi) is 5.36. The van der Waals surface area contributed by atoms with Gasteiger partial charge in [0.05, 0.1) is 19.4 Å². The number of nitrogens with zero attached hydrogens (tertiary/aromatic N) is 1. The summed E-state index contributed by atoms with van der Waals surface area (Å²) in [5.41, 5.74) is 2.62. The third-order valence-electron chi connectivity index (χ3n) is 3.87. The summed E-state index contributed by atoms with van der Waals surface area (Å²) in [6.07, 6.45) is 1.74. The highest BCUT2D eigenvalue weighted by molar-refractivity contribution is 5.56. The van der Waals surface area contributed by atoms with E-state index in [-0.39, 0.29) is 12.6 Å². The van der Waals surface area contributed by atoms with Gasteiger partial charge in [-0.3, -0.25) is 0 Å². The van der Waals surface area contributed by atoms with Crippen LogP contribution >= 0.6 is 0 Å². The number of oxazole rings is 1. The van der Waals surface area contributed by atoms with Gasteiger partial charge < -0.3 is 19.6 Å². The van der Waals surface area contributed by atoms with Gasteiger partial charge >= 0.3 is 0 Å². The lowest BCUT2D eigenvalue weighted by molar-refractivity contribution is 0.267. The van der Waals surface area contributed by atoms with E-state index in [0.717, 1.165) is 22.6 Å². The number of hydrogen-bond donors (Lipinski definition) is 2. The molecule has 0 fully saturated rings. The summed E-state index contributed by atoms with van der Waals surface area (Å²) >= 11 is 0. The quantitative estimate of drug-likeness (QED) is 0.668. The van der Waals surface area contributed by atoms with E-state index < -0.39 is 0 Å². The molecule has 0 amide bonds. The highest BCUT2D eigenvalue weighted by Crippen LogP contribution is 2.27. The van der Waals surface area contributed by atoms with Crippen molar-refractivity contribution < 1.29 is 14.3 Å². The van der Waals surface area contributed by atoms with Crippen molar-refractivity contribution in [2.45, 2.75) is 26.5 Å². The molecule has 0 unspecified atom stereocenters. The molecule has 0 bridgehead atoms. The number of aliphatic hydroxyl groups is 1. The fourth-order valence-electron chi connectivity index (χ4n) is 2.62. The van der Waals surface area contributed by atoms with Crippen LogP contribution in [0.3, 0.4) is 0 Å². The highest BCUT2D eigenvalue weighted by atomic mass is 16.5. The first-order valence-electron chi connectivity index (χ1n) is 8.35. The Balaban J connectivity index is 1.74. The van der Waals surface area contributed by atoms with E-state index in [4.69, 9.17) is 9.15 Å². The third-order valence-corrected chi connectivity index (χ3v) is 3.87. The van der Waals surface area contributed by atoms with Crippen LogP contribution < -0.4 is 10.1 Å². The molecule has 3 rings (SSSR count). The lowest BCUT2D eigenvalue weighted by Crippen LogP contribution is -2.07. The van der Waals surface area contributed by atoms with E-state index in [1.807, 2.05) is 62.4 Å². The maximum atomic E-state index is 9.51. The fourth-order valence-corrected chi connectivity index (χ4v) is 2.62. The predicted octanol–water partition coefficient (Wildman–Crippen LogP) is 4.41. The monoisotopic (exact) mass is 338 g/mol. The van der Waals surface area contributed by atoms with Crippen molar-refractivity contribution in [3.05, 3.63) is 66.2 Å². The number of aliphatic hydroxyl groups excluding tert-OH is 1. The van der Waals surface area contributed by atoms with Crippen LogP contribution in [0.4, 0.5) is 5.69 Å². The molecule has 130 valence electrons. The number of anilines is 1. The van der Waals surface area contributed by atoms with E-state index in [1.165, 1.54) is 0 Å². The van der Waals surface area contributed by atoms with Crippen LogP contribution in [0.5, 0.6) is 5.75 Å². The first-order chi connectivity index (χ1) is 12.2. The van der Waals surface area contributed by atoms with Crippen molar-refractivity contribution in [2.24, 2.45) is 0 Å². The maximum absolute atomic E-state index is 9.51.